The third-order valence-electron chi connectivity index (χ3n) is 1.44. The number of alkyl halides is 1. The molecule has 0 aliphatic rings. The molecular formula is C9H7BrF2O. The van der Waals surface area contributed by atoms with Crippen molar-refractivity contribution in [1.29, 1.82) is 0 Å². The predicted molar refractivity (Wildman–Crippen MR) is 50.9 cm³/mol. The van der Waals surface area contributed by atoms with Crippen LogP contribution in [0.5, 0.6) is 5.75 Å². The van der Waals surface area contributed by atoms with Gasteiger partial charge in [-0.1, -0.05) is 28.1 Å². The first kappa shape index (κ1) is 10.2. The summed E-state index contributed by atoms with van der Waals surface area (Å²) in [6.07, 6.45) is 3.07. The second-order valence-corrected chi connectivity index (χ2v) is 3.03. The average Bonchev–Trinajstić information content (AvgIpc) is 2.09. The summed E-state index contributed by atoms with van der Waals surface area (Å²) in [6, 6.07) is 1.71. The molecule has 1 aromatic carbocycles. The molecule has 1 N–H and O–H groups in total. The molecule has 0 heterocycles. The van der Waals surface area contributed by atoms with Gasteiger partial charge in [0.25, 0.3) is 0 Å². The van der Waals surface area contributed by atoms with E-state index >= 15 is 0 Å². The van der Waals surface area contributed by atoms with Crippen LogP contribution in [0.3, 0.4) is 0 Å². The average molecular weight is 249 g/mol. The van der Waals surface area contributed by atoms with Gasteiger partial charge in [-0.2, -0.15) is 0 Å². The number of rotatable bonds is 2. The number of phenols is 1. The number of aromatic hydroxyl groups is 1. The zero-order chi connectivity index (χ0) is 9.84. The monoisotopic (exact) mass is 248 g/mol. The van der Waals surface area contributed by atoms with Gasteiger partial charge >= 0.3 is 0 Å². The Bertz CT molecular complexity index is 337. The summed E-state index contributed by atoms with van der Waals surface area (Å²) in [7, 11) is 0. The third-order valence-corrected chi connectivity index (χ3v) is 1.82. The lowest BCUT2D eigenvalue weighted by molar-refractivity contribution is 0.426. The van der Waals surface area contributed by atoms with E-state index in [1.165, 1.54) is 6.08 Å². The van der Waals surface area contributed by atoms with E-state index in [0.717, 1.165) is 6.07 Å². The molecule has 0 bridgehead atoms. The fourth-order valence-corrected chi connectivity index (χ4v) is 1.07. The van der Waals surface area contributed by atoms with Crippen molar-refractivity contribution < 1.29 is 13.9 Å². The Hall–Kier alpha value is -0.900. The molecule has 0 radical (unpaired) electrons. The minimum atomic E-state index is -0.950. The Morgan fingerprint density at radius 1 is 1.38 bits per heavy atom. The first-order valence-electron chi connectivity index (χ1n) is 3.55. The summed E-state index contributed by atoms with van der Waals surface area (Å²) in [5.74, 6) is -2.18. The van der Waals surface area contributed by atoms with Gasteiger partial charge in [-0.3, -0.25) is 0 Å². The van der Waals surface area contributed by atoms with Gasteiger partial charge in [0.05, 0.1) is 0 Å². The summed E-state index contributed by atoms with van der Waals surface area (Å²) in [4.78, 5) is 0. The molecule has 0 saturated carbocycles. The van der Waals surface area contributed by atoms with Crippen LogP contribution in [0.15, 0.2) is 18.2 Å². The second kappa shape index (κ2) is 4.37. The number of benzene rings is 1. The van der Waals surface area contributed by atoms with E-state index in [0.29, 0.717) is 11.4 Å². The number of allylic oxidation sites excluding steroid dienone is 1. The molecule has 0 spiro atoms. The number of phenolic OH excluding ortho intramolecular Hbond substituents is 1. The molecule has 0 fully saturated rings. The smallest absolute Gasteiger partial charge is 0.168 e. The highest BCUT2D eigenvalue weighted by atomic mass is 79.9. The Morgan fingerprint density at radius 2 is 2.08 bits per heavy atom. The van der Waals surface area contributed by atoms with Gasteiger partial charge < -0.3 is 5.11 Å². The maximum absolute atomic E-state index is 12.7. The lowest BCUT2D eigenvalue weighted by Crippen LogP contribution is -1.84. The van der Waals surface area contributed by atoms with Crippen molar-refractivity contribution in [2.75, 3.05) is 5.33 Å². The van der Waals surface area contributed by atoms with Crippen molar-refractivity contribution in [3.63, 3.8) is 0 Å². The van der Waals surface area contributed by atoms with Crippen LogP contribution in [0.1, 0.15) is 5.56 Å². The fourth-order valence-electron chi connectivity index (χ4n) is 0.884. The van der Waals surface area contributed by atoms with Crippen molar-refractivity contribution in [1.82, 2.24) is 0 Å². The molecule has 0 saturated heterocycles. The maximum atomic E-state index is 12.7. The normalized spacial score (nSPS) is 11.0. The predicted octanol–water partition coefficient (Wildman–Crippen LogP) is 3.08. The Balaban J connectivity index is 3.12. The van der Waals surface area contributed by atoms with E-state index in [4.69, 9.17) is 5.11 Å². The molecule has 0 aromatic heterocycles. The zero-order valence-corrected chi connectivity index (χ0v) is 8.18. The SMILES string of the molecule is Oc1c(F)cc(F)cc1C=CCBr. The highest BCUT2D eigenvalue weighted by Crippen LogP contribution is 2.23. The maximum Gasteiger partial charge on any atom is 0.168 e. The largest absolute Gasteiger partial charge is 0.504 e. The van der Waals surface area contributed by atoms with Gasteiger partial charge in [-0.05, 0) is 6.07 Å². The van der Waals surface area contributed by atoms with Gasteiger partial charge in [-0.25, -0.2) is 8.78 Å². The van der Waals surface area contributed by atoms with E-state index in [1.807, 2.05) is 0 Å². The van der Waals surface area contributed by atoms with E-state index < -0.39 is 17.4 Å². The Kier molecular flexibility index (Phi) is 3.42. The van der Waals surface area contributed by atoms with E-state index in [2.05, 4.69) is 15.9 Å². The van der Waals surface area contributed by atoms with Gasteiger partial charge in [0, 0.05) is 17.0 Å². The number of hydrogen-bond acceptors (Lipinski definition) is 1. The minimum Gasteiger partial charge on any atom is -0.504 e. The molecule has 0 aliphatic heterocycles. The lowest BCUT2D eigenvalue weighted by Gasteiger charge is -2.00. The first-order valence-corrected chi connectivity index (χ1v) is 4.68. The third kappa shape index (κ3) is 2.52. The molecule has 1 aromatic rings. The standard InChI is InChI=1S/C9H7BrF2O/c10-3-1-2-6-4-7(11)5-8(12)9(6)13/h1-2,4-5,13H,3H2. The van der Waals surface area contributed by atoms with Crippen molar-refractivity contribution >= 4 is 22.0 Å². The van der Waals surface area contributed by atoms with Gasteiger partial charge in [0.1, 0.15) is 5.82 Å². The lowest BCUT2D eigenvalue weighted by atomic mass is 10.2. The van der Waals surface area contributed by atoms with Crippen LogP contribution in [-0.4, -0.2) is 10.4 Å². The number of hydrogen-bond donors (Lipinski definition) is 1. The molecule has 0 aliphatic carbocycles. The molecule has 4 heteroatoms. The van der Waals surface area contributed by atoms with Crippen LogP contribution in [0.25, 0.3) is 6.08 Å². The van der Waals surface area contributed by atoms with Crippen LogP contribution in [0, 0.1) is 11.6 Å². The van der Waals surface area contributed by atoms with Crippen molar-refractivity contribution in [3.05, 3.63) is 35.4 Å². The fraction of sp³-hybridized carbons (Fsp3) is 0.111. The van der Waals surface area contributed by atoms with E-state index in [1.54, 1.807) is 6.08 Å². The molecule has 70 valence electrons. The molecule has 0 amide bonds. The molecule has 13 heavy (non-hydrogen) atoms. The van der Waals surface area contributed by atoms with Crippen molar-refractivity contribution in [2.45, 2.75) is 0 Å². The van der Waals surface area contributed by atoms with Crippen LogP contribution in [0.4, 0.5) is 8.78 Å². The van der Waals surface area contributed by atoms with Crippen LogP contribution in [-0.2, 0) is 0 Å². The highest BCUT2D eigenvalue weighted by molar-refractivity contribution is 9.09. The van der Waals surface area contributed by atoms with Crippen molar-refractivity contribution in [2.24, 2.45) is 0 Å². The molecule has 1 nitrogen and oxygen atoms in total. The summed E-state index contributed by atoms with van der Waals surface area (Å²) in [5.41, 5.74) is 0.136. The quantitative estimate of drug-likeness (QED) is 0.798. The van der Waals surface area contributed by atoms with Crippen LogP contribution >= 0.6 is 15.9 Å². The van der Waals surface area contributed by atoms with Gasteiger partial charge in [0.2, 0.25) is 0 Å². The first-order chi connectivity index (χ1) is 6.15. The second-order valence-electron chi connectivity index (χ2n) is 2.38. The molecule has 0 unspecified atom stereocenters. The molecule has 1 rings (SSSR count). The molecular weight excluding hydrogens is 242 g/mol. The van der Waals surface area contributed by atoms with Gasteiger partial charge in [0.15, 0.2) is 11.6 Å². The Labute approximate surface area is 82.8 Å². The van der Waals surface area contributed by atoms with Crippen molar-refractivity contribution in [3.8, 4) is 5.75 Å². The summed E-state index contributed by atoms with van der Waals surface area (Å²) >= 11 is 3.11. The van der Waals surface area contributed by atoms with Crippen LogP contribution in [0.2, 0.25) is 0 Å². The summed E-state index contributed by atoms with van der Waals surface area (Å²) < 4.78 is 25.4. The summed E-state index contributed by atoms with van der Waals surface area (Å²) in [5, 5.41) is 9.70. The highest BCUT2D eigenvalue weighted by Gasteiger charge is 2.06. The molecule has 0 atom stereocenters. The zero-order valence-electron chi connectivity index (χ0n) is 6.60. The summed E-state index contributed by atoms with van der Waals surface area (Å²) in [6.45, 7) is 0. The number of halogens is 3. The Morgan fingerprint density at radius 3 is 2.69 bits per heavy atom. The van der Waals surface area contributed by atoms with Crippen LogP contribution < -0.4 is 0 Å². The van der Waals surface area contributed by atoms with E-state index in [9.17, 15) is 8.78 Å². The minimum absolute atomic E-state index is 0.136. The topological polar surface area (TPSA) is 20.2 Å². The van der Waals surface area contributed by atoms with E-state index in [-0.39, 0.29) is 5.56 Å². The van der Waals surface area contributed by atoms with Gasteiger partial charge in [-0.15, -0.1) is 0 Å².